The molecule has 1 atom stereocenters. The van der Waals surface area contributed by atoms with Gasteiger partial charge in [-0.3, -0.25) is 0 Å². The van der Waals surface area contributed by atoms with E-state index in [2.05, 4.69) is 15.9 Å². The van der Waals surface area contributed by atoms with Crippen molar-refractivity contribution in [2.75, 3.05) is 13.2 Å². The number of benzene rings is 1. The van der Waals surface area contributed by atoms with Gasteiger partial charge in [0, 0.05) is 18.1 Å². The molecule has 1 aromatic rings. The zero-order valence-electron chi connectivity index (χ0n) is 9.40. The Bertz CT molecular complexity index is 445. The van der Waals surface area contributed by atoms with Crippen LogP contribution in [0.3, 0.4) is 0 Å². The summed E-state index contributed by atoms with van der Waals surface area (Å²) in [4.78, 5) is 10.6. The highest BCUT2D eigenvalue weighted by Gasteiger charge is 2.25. The third-order valence-corrected chi connectivity index (χ3v) is 3.34. The Morgan fingerprint density at radius 3 is 2.94 bits per heavy atom. The molecular weight excluding hydrogens is 288 g/mol. The Balaban J connectivity index is 2.54. The molecule has 1 heterocycles. The molecular formula is C12H13BrO4. The van der Waals surface area contributed by atoms with E-state index < -0.39 is 0 Å². The highest BCUT2D eigenvalue weighted by Crippen LogP contribution is 2.47. The lowest BCUT2D eigenvalue weighted by Crippen LogP contribution is -2.17. The van der Waals surface area contributed by atoms with Crippen molar-refractivity contribution in [2.24, 2.45) is 0 Å². The second-order valence-electron chi connectivity index (χ2n) is 3.95. The third-order valence-electron chi connectivity index (χ3n) is 2.74. The molecule has 1 aliphatic heterocycles. The molecule has 0 bridgehead atoms. The van der Waals surface area contributed by atoms with Crippen molar-refractivity contribution in [2.45, 2.75) is 19.3 Å². The molecule has 1 aliphatic rings. The Morgan fingerprint density at radius 2 is 2.24 bits per heavy atom. The molecule has 2 rings (SSSR count). The summed E-state index contributed by atoms with van der Waals surface area (Å²) in [6.45, 7) is 2.81. The van der Waals surface area contributed by atoms with Crippen LogP contribution in [0.4, 0.5) is 0 Å². The number of phenolic OH excluding ortho intramolecular Hbond substituents is 1. The fraction of sp³-hybridized carbons (Fsp3) is 0.417. The predicted molar refractivity (Wildman–Crippen MR) is 65.9 cm³/mol. The van der Waals surface area contributed by atoms with E-state index in [-0.39, 0.29) is 11.7 Å². The number of fused-ring (bicyclic) bond motifs is 1. The first-order chi connectivity index (χ1) is 8.15. The van der Waals surface area contributed by atoms with Crippen molar-refractivity contribution in [3.8, 4) is 17.2 Å². The van der Waals surface area contributed by atoms with Crippen LogP contribution in [0.2, 0.25) is 0 Å². The molecule has 1 aromatic carbocycles. The van der Waals surface area contributed by atoms with Crippen molar-refractivity contribution >= 4 is 22.2 Å². The molecule has 1 N–H and O–H groups in total. The van der Waals surface area contributed by atoms with Gasteiger partial charge in [0.2, 0.25) is 0 Å². The fourth-order valence-corrected chi connectivity index (χ4v) is 2.31. The zero-order valence-corrected chi connectivity index (χ0v) is 11.0. The van der Waals surface area contributed by atoms with Gasteiger partial charge in [-0.1, -0.05) is 6.92 Å². The number of phenols is 1. The predicted octanol–water partition coefficient (Wildman–Crippen LogP) is 2.62. The lowest BCUT2D eigenvalue weighted by Gasteiger charge is -2.24. The second-order valence-corrected chi connectivity index (χ2v) is 4.80. The van der Waals surface area contributed by atoms with Gasteiger partial charge in [0.1, 0.15) is 25.2 Å². The molecule has 17 heavy (non-hydrogen) atoms. The Morgan fingerprint density at radius 1 is 1.53 bits per heavy atom. The van der Waals surface area contributed by atoms with E-state index in [1.807, 2.05) is 6.92 Å². The summed E-state index contributed by atoms with van der Waals surface area (Å²) in [5.41, 5.74) is 0.626. The maximum absolute atomic E-state index is 10.6. The number of halogens is 1. The molecule has 92 valence electrons. The summed E-state index contributed by atoms with van der Waals surface area (Å²) < 4.78 is 11.6. The highest BCUT2D eigenvalue weighted by atomic mass is 79.9. The smallest absolute Gasteiger partial charge is 0.168 e. The first-order valence-corrected chi connectivity index (χ1v) is 6.19. The second kappa shape index (κ2) is 4.96. The van der Waals surface area contributed by atoms with Crippen molar-refractivity contribution < 1.29 is 19.4 Å². The van der Waals surface area contributed by atoms with E-state index >= 15 is 0 Å². The minimum Gasteiger partial charge on any atom is -0.506 e. The average molecular weight is 301 g/mol. The van der Waals surface area contributed by atoms with Crippen LogP contribution in [0.15, 0.2) is 10.5 Å². The first kappa shape index (κ1) is 12.2. The van der Waals surface area contributed by atoms with Gasteiger partial charge in [0.25, 0.3) is 0 Å². The van der Waals surface area contributed by atoms with Gasteiger partial charge in [-0.25, -0.2) is 0 Å². The molecule has 0 saturated heterocycles. The van der Waals surface area contributed by atoms with Gasteiger partial charge in [-0.15, -0.1) is 0 Å². The lowest BCUT2D eigenvalue weighted by atomic mass is 9.95. The van der Waals surface area contributed by atoms with Crippen molar-refractivity contribution in [1.29, 1.82) is 0 Å². The molecule has 0 fully saturated rings. The SMILES string of the molecule is CC(CC=O)c1c(O)c(Br)cc2c1OCCO2. The number of hydrogen-bond donors (Lipinski definition) is 1. The number of aromatic hydroxyl groups is 1. The standard InChI is InChI=1S/C12H13BrO4/c1-7(2-3-14)10-11(15)8(13)6-9-12(10)17-5-4-16-9/h3,6-7,15H,2,4-5H2,1H3. The number of aldehydes is 1. The number of carbonyl (C=O) groups excluding carboxylic acids is 1. The van der Waals surface area contributed by atoms with Crippen LogP contribution >= 0.6 is 15.9 Å². The maximum Gasteiger partial charge on any atom is 0.168 e. The van der Waals surface area contributed by atoms with Crippen molar-refractivity contribution in [3.05, 3.63) is 16.1 Å². The van der Waals surface area contributed by atoms with Gasteiger partial charge in [0.15, 0.2) is 11.5 Å². The minimum atomic E-state index is -0.111. The van der Waals surface area contributed by atoms with Crippen molar-refractivity contribution in [1.82, 2.24) is 0 Å². The number of rotatable bonds is 3. The van der Waals surface area contributed by atoms with Crippen LogP contribution in [-0.2, 0) is 4.79 Å². The first-order valence-electron chi connectivity index (χ1n) is 5.39. The summed E-state index contributed by atoms with van der Waals surface area (Å²) in [5.74, 6) is 1.16. The van der Waals surface area contributed by atoms with Crippen molar-refractivity contribution in [3.63, 3.8) is 0 Å². The summed E-state index contributed by atoms with van der Waals surface area (Å²) in [7, 11) is 0. The number of ether oxygens (including phenoxy) is 2. The van der Waals surface area contributed by atoms with E-state index in [4.69, 9.17) is 9.47 Å². The van der Waals surface area contributed by atoms with E-state index in [0.29, 0.717) is 41.2 Å². The van der Waals surface area contributed by atoms with E-state index in [1.54, 1.807) is 6.07 Å². The van der Waals surface area contributed by atoms with Crippen LogP contribution in [-0.4, -0.2) is 24.6 Å². The van der Waals surface area contributed by atoms with Gasteiger partial charge < -0.3 is 19.4 Å². The highest BCUT2D eigenvalue weighted by molar-refractivity contribution is 9.10. The average Bonchev–Trinajstić information content (AvgIpc) is 2.31. The monoisotopic (exact) mass is 300 g/mol. The minimum absolute atomic E-state index is 0.111. The van der Waals surface area contributed by atoms with Gasteiger partial charge in [-0.2, -0.15) is 0 Å². The molecule has 0 saturated carbocycles. The molecule has 5 heteroatoms. The summed E-state index contributed by atoms with van der Waals surface area (Å²) >= 11 is 3.27. The number of carbonyl (C=O) groups is 1. The zero-order chi connectivity index (χ0) is 12.4. The van der Waals surface area contributed by atoms with Gasteiger partial charge in [-0.05, 0) is 21.8 Å². The maximum atomic E-state index is 10.6. The van der Waals surface area contributed by atoms with Crippen LogP contribution in [0, 0.1) is 0 Å². The summed E-state index contributed by atoms with van der Waals surface area (Å²) in [6.07, 6.45) is 1.17. The summed E-state index contributed by atoms with van der Waals surface area (Å²) in [5, 5.41) is 10.1. The van der Waals surface area contributed by atoms with Crippen LogP contribution < -0.4 is 9.47 Å². The van der Waals surface area contributed by atoms with Crippen LogP contribution in [0.5, 0.6) is 17.2 Å². The van der Waals surface area contributed by atoms with Crippen LogP contribution in [0.1, 0.15) is 24.8 Å². The number of hydrogen-bond acceptors (Lipinski definition) is 4. The van der Waals surface area contributed by atoms with E-state index in [9.17, 15) is 9.90 Å². The third kappa shape index (κ3) is 2.24. The molecule has 0 aromatic heterocycles. The molecule has 0 spiro atoms. The molecule has 0 aliphatic carbocycles. The van der Waals surface area contributed by atoms with E-state index in [0.717, 1.165) is 6.29 Å². The molecule has 0 amide bonds. The topological polar surface area (TPSA) is 55.8 Å². The lowest BCUT2D eigenvalue weighted by molar-refractivity contribution is -0.108. The van der Waals surface area contributed by atoms with E-state index in [1.165, 1.54) is 0 Å². The Labute approximate surface area is 108 Å². The Kier molecular flexibility index (Phi) is 3.57. The van der Waals surface area contributed by atoms with Gasteiger partial charge in [0.05, 0.1) is 4.47 Å². The molecule has 1 unspecified atom stereocenters. The fourth-order valence-electron chi connectivity index (χ4n) is 1.89. The largest absolute Gasteiger partial charge is 0.506 e. The molecule has 0 radical (unpaired) electrons. The van der Waals surface area contributed by atoms with Crippen LogP contribution in [0.25, 0.3) is 0 Å². The summed E-state index contributed by atoms with van der Waals surface area (Å²) in [6, 6.07) is 1.68. The molecule has 4 nitrogen and oxygen atoms in total. The normalized spacial score (nSPS) is 15.4. The van der Waals surface area contributed by atoms with Gasteiger partial charge >= 0.3 is 0 Å². The Hall–Kier alpha value is -1.23. The quantitative estimate of drug-likeness (QED) is 0.872.